The number of hydrogen-bond donors (Lipinski definition) is 1. The quantitative estimate of drug-likeness (QED) is 0.750. The van der Waals surface area contributed by atoms with Crippen LogP contribution >= 0.6 is 0 Å². The summed E-state index contributed by atoms with van der Waals surface area (Å²) in [7, 11) is 0. The van der Waals surface area contributed by atoms with E-state index in [1.807, 2.05) is 4.90 Å². The first kappa shape index (κ1) is 11.5. The Morgan fingerprint density at radius 1 is 1.12 bits per heavy atom. The van der Waals surface area contributed by atoms with Gasteiger partial charge in [0.25, 0.3) is 0 Å². The van der Waals surface area contributed by atoms with Crippen molar-refractivity contribution in [3.63, 3.8) is 0 Å². The summed E-state index contributed by atoms with van der Waals surface area (Å²) < 4.78 is 0. The monoisotopic (exact) mass is 237 g/mol. The molecule has 0 radical (unpaired) electrons. The first-order valence-corrected chi connectivity index (χ1v) is 7.07. The number of fused-ring (bicyclic) bond motifs is 1. The lowest BCUT2D eigenvalue weighted by Crippen LogP contribution is -2.49. The average Bonchev–Trinajstić information content (AvgIpc) is 3.00. The molecular weight excluding hydrogens is 214 g/mol. The molecule has 3 aliphatic heterocycles. The highest BCUT2D eigenvalue weighted by molar-refractivity contribution is 5.78. The number of likely N-dealkylation sites (tertiary alicyclic amines) is 2. The Morgan fingerprint density at radius 3 is 2.76 bits per heavy atom. The van der Waals surface area contributed by atoms with Crippen molar-refractivity contribution >= 4 is 5.91 Å². The maximum atomic E-state index is 12.2. The number of piperidine rings is 1. The van der Waals surface area contributed by atoms with E-state index in [0.29, 0.717) is 18.5 Å². The molecule has 3 fully saturated rings. The van der Waals surface area contributed by atoms with Gasteiger partial charge in [0.05, 0.1) is 6.54 Å². The number of carbonyl (C=O) groups is 1. The van der Waals surface area contributed by atoms with Crippen molar-refractivity contribution in [3.8, 4) is 0 Å². The van der Waals surface area contributed by atoms with Crippen LogP contribution in [0.1, 0.15) is 25.7 Å². The fourth-order valence-corrected chi connectivity index (χ4v) is 3.60. The molecular formula is C13H23N3O. The third kappa shape index (κ3) is 2.33. The number of hydrogen-bond acceptors (Lipinski definition) is 3. The second-order valence-corrected chi connectivity index (χ2v) is 5.69. The van der Waals surface area contributed by atoms with Crippen molar-refractivity contribution in [3.05, 3.63) is 0 Å². The molecule has 0 aromatic heterocycles. The van der Waals surface area contributed by atoms with E-state index in [4.69, 9.17) is 0 Å². The van der Waals surface area contributed by atoms with E-state index in [-0.39, 0.29) is 0 Å². The molecule has 2 unspecified atom stereocenters. The maximum Gasteiger partial charge on any atom is 0.236 e. The number of nitrogens with one attached hydrogen (secondary N) is 1. The van der Waals surface area contributed by atoms with Crippen LogP contribution in [0.15, 0.2) is 0 Å². The summed E-state index contributed by atoms with van der Waals surface area (Å²) in [6, 6.07) is 0.621. The normalized spacial score (nSPS) is 34.0. The zero-order valence-electron chi connectivity index (χ0n) is 10.5. The highest BCUT2D eigenvalue weighted by Gasteiger charge is 2.36. The fraction of sp³-hybridized carbons (Fsp3) is 0.923. The lowest BCUT2D eigenvalue weighted by Gasteiger charge is -2.37. The van der Waals surface area contributed by atoms with Gasteiger partial charge in [-0.25, -0.2) is 0 Å². The average molecular weight is 237 g/mol. The molecule has 3 rings (SSSR count). The molecule has 0 saturated carbocycles. The van der Waals surface area contributed by atoms with Crippen molar-refractivity contribution in [1.29, 1.82) is 0 Å². The van der Waals surface area contributed by atoms with Gasteiger partial charge < -0.3 is 10.2 Å². The van der Waals surface area contributed by atoms with Crippen molar-refractivity contribution in [2.75, 3.05) is 39.3 Å². The maximum absolute atomic E-state index is 12.2. The SMILES string of the molecule is O=C(CN1CCCC2CNCC21)N1CCCC1. The van der Waals surface area contributed by atoms with E-state index in [9.17, 15) is 4.79 Å². The third-order valence-corrected chi connectivity index (χ3v) is 4.59. The Balaban J connectivity index is 1.58. The number of amides is 1. The summed E-state index contributed by atoms with van der Waals surface area (Å²) in [5.74, 6) is 1.14. The van der Waals surface area contributed by atoms with Crippen molar-refractivity contribution < 1.29 is 4.79 Å². The first-order chi connectivity index (χ1) is 8.34. The van der Waals surface area contributed by atoms with Crippen molar-refractivity contribution in [2.24, 2.45) is 5.92 Å². The van der Waals surface area contributed by atoms with Crippen LogP contribution in [0.3, 0.4) is 0 Å². The van der Waals surface area contributed by atoms with Gasteiger partial charge in [0.1, 0.15) is 0 Å². The molecule has 0 aliphatic carbocycles. The van der Waals surface area contributed by atoms with E-state index in [0.717, 1.165) is 38.6 Å². The summed E-state index contributed by atoms with van der Waals surface area (Å²) >= 11 is 0. The lowest BCUT2D eigenvalue weighted by molar-refractivity contribution is -0.132. The smallest absolute Gasteiger partial charge is 0.236 e. The van der Waals surface area contributed by atoms with Gasteiger partial charge in [-0.2, -0.15) is 0 Å². The summed E-state index contributed by atoms with van der Waals surface area (Å²) in [4.78, 5) is 16.6. The van der Waals surface area contributed by atoms with Gasteiger partial charge >= 0.3 is 0 Å². The first-order valence-electron chi connectivity index (χ1n) is 7.07. The van der Waals surface area contributed by atoms with E-state index in [1.165, 1.54) is 25.7 Å². The minimum atomic E-state index is 0.357. The predicted molar refractivity (Wildman–Crippen MR) is 66.8 cm³/mol. The van der Waals surface area contributed by atoms with E-state index < -0.39 is 0 Å². The molecule has 0 spiro atoms. The zero-order valence-corrected chi connectivity index (χ0v) is 10.5. The molecule has 1 amide bonds. The highest BCUT2D eigenvalue weighted by Crippen LogP contribution is 2.26. The largest absolute Gasteiger partial charge is 0.342 e. The van der Waals surface area contributed by atoms with Gasteiger partial charge in [0, 0.05) is 25.7 Å². The topological polar surface area (TPSA) is 35.6 Å². The molecule has 4 heteroatoms. The molecule has 0 bridgehead atoms. The highest BCUT2D eigenvalue weighted by atomic mass is 16.2. The minimum absolute atomic E-state index is 0.357. The molecule has 0 aromatic carbocycles. The molecule has 3 aliphatic rings. The Kier molecular flexibility index (Phi) is 3.34. The van der Waals surface area contributed by atoms with Crippen LogP contribution in [-0.4, -0.2) is 61.0 Å². The van der Waals surface area contributed by atoms with Crippen molar-refractivity contribution in [2.45, 2.75) is 31.7 Å². The molecule has 4 nitrogen and oxygen atoms in total. The van der Waals surface area contributed by atoms with Gasteiger partial charge in [-0.1, -0.05) is 0 Å². The number of carbonyl (C=O) groups excluding carboxylic acids is 1. The second-order valence-electron chi connectivity index (χ2n) is 5.69. The van der Waals surface area contributed by atoms with Gasteiger partial charge in [0.15, 0.2) is 0 Å². The van der Waals surface area contributed by atoms with Crippen molar-refractivity contribution in [1.82, 2.24) is 15.1 Å². The Labute approximate surface area is 103 Å². The van der Waals surface area contributed by atoms with Gasteiger partial charge in [-0.15, -0.1) is 0 Å². The Bertz CT molecular complexity index is 288. The second kappa shape index (κ2) is 4.94. The van der Waals surface area contributed by atoms with E-state index in [2.05, 4.69) is 10.2 Å². The minimum Gasteiger partial charge on any atom is -0.342 e. The van der Waals surface area contributed by atoms with Gasteiger partial charge in [-0.05, 0) is 44.7 Å². The van der Waals surface area contributed by atoms with E-state index >= 15 is 0 Å². The molecule has 2 atom stereocenters. The summed E-state index contributed by atoms with van der Waals surface area (Å²) in [6.45, 7) is 5.97. The summed E-state index contributed by atoms with van der Waals surface area (Å²) in [5.41, 5.74) is 0. The van der Waals surface area contributed by atoms with Crippen LogP contribution in [0.4, 0.5) is 0 Å². The van der Waals surface area contributed by atoms with E-state index in [1.54, 1.807) is 0 Å². The molecule has 3 heterocycles. The van der Waals surface area contributed by atoms with Crippen LogP contribution in [-0.2, 0) is 4.79 Å². The summed E-state index contributed by atoms with van der Waals surface area (Å²) in [6.07, 6.45) is 4.99. The molecule has 96 valence electrons. The fourth-order valence-electron chi connectivity index (χ4n) is 3.60. The third-order valence-electron chi connectivity index (χ3n) is 4.59. The molecule has 17 heavy (non-hydrogen) atoms. The van der Waals surface area contributed by atoms with Crippen LogP contribution < -0.4 is 5.32 Å². The number of nitrogens with zero attached hydrogens (tertiary/aromatic N) is 2. The van der Waals surface area contributed by atoms with Crippen LogP contribution in [0.25, 0.3) is 0 Å². The standard InChI is InChI=1S/C13H23N3O/c17-13(15-5-1-2-6-15)10-16-7-3-4-11-8-14-9-12(11)16/h11-12,14H,1-10H2. The predicted octanol–water partition coefficient (Wildman–Crippen LogP) is 0.293. The number of rotatable bonds is 2. The molecule has 1 N–H and O–H groups in total. The Hall–Kier alpha value is -0.610. The molecule has 0 aromatic rings. The summed E-state index contributed by atoms with van der Waals surface area (Å²) in [5, 5.41) is 3.47. The Morgan fingerprint density at radius 2 is 1.94 bits per heavy atom. The molecule has 3 saturated heterocycles. The zero-order chi connectivity index (χ0) is 11.7. The van der Waals surface area contributed by atoms with Gasteiger partial charge in [-0.3, -0.25) is 9.69 Å². The lowest BCUT2D eigenvalue weighted by atomic mass is 9.92. The van der Waals surface area contributed by atoms with Crippen LogP contribution in [0.5, 0.6) is 0 Å². The van der Waals surface area contributed by atoms with Crippen LogP contribution in [0.2, 0.25) is 0 Å². The van der Waals surface area contributed by atoms with Crippen LogP contribution in [0, 0.1) is 5.92 Å². The van der Waals surface area contributed by atoms with Gasteiger partial charge in [0.2, 0.25) is 5.91 Å².